The summed E-state index contributed by atoms with van der Waals surface area (Å²) in [5.74, 6) is 6.39. The molecule has 1 aromatic heterocycles. The largest absolute Gasteiger partial charge is 0.368 e. The highest BCUT2D eigenvalue weighted by atomic mass is 32.1. The molecule has 0 fully saturated rings. The van der Waals surface area contributed by atoms with Gasteiger partial charge in [0.2, 0.25) is 5.95 Å². The zero-order chi connectivity index (χ0) is 8.10. The summed E-state index contributed by atoms with van der Waals surface area (Å²) in [4.78, 5) is 7.54. The Morgan fingerprint density at radius 2 is 2.09 bits per heavy atom. The number of thiol groups is 1. The van der Waals surface area contributed by atoms with Crippen molar-refractivity contribution in [3.8, 4) is 11.8 Å². The van der Waals surface area contributed by atoms with Crippen LogP contribution in [0.1, 0.15) is 5.56 Å². The number of anilines is 1. The predicted molar refractivity (Wildman–Crippen MR) is 47.2 cm³/mol. The number of nitrogen functional groups attached to an aromatic ring is 1. The van der Waals surface area contributed by atoms with Crippen LogP contribution in [0.25, 0.3) is 0 Å². The van der Waals surface area contributed by atoms with Gasteiger partial charge in [0.1, 0.15) is 0 Å². The third-order valence-corrected chi connectivity index (χ3v) is 1.14. The second-order valence-electron chi connectivity index (χ2n) is 1.79. The molecule has 0 aliphatic heterocycles. The second-order valence-corrected chi connectivity index (χ2v) is 2.11. The Hall–Kier alpha value is -1.21. The van der Waals surface area contributed by atoms with Gasteiger partial charge in [-0.15, -0.1) is 0 Å². The van der Waals surface area contributed by atoms with E-state index >= 15 is 0 Å². The van der Waals surface area contributed by atoms with Crippen LogP contribution in [0.5, 0.6) is 0 Å². The fraction of sp³-hybridized carbons (Fsp3) is 0.143. The lowest BCUT2D eigenvalue weighted by Crippen LogP contribution is -1.93. The minimum absolute atomic E-state index is 0.265. The molecule has 0 unspecified atom stereocenters. The molecule has 0 spiro atoms. The number of hydrogen-bond donors (Lipinski definition) is 2. The summed E-state index contributed by atoms with van der Waals surface area (Å²) in [6.07, 6.45) is 3.16. The van der Waals surface area contributed by atoms with Crippen molar-refractivity contribution < 1.29 is 0 Å². The topological polar surface area (TPSA) is 51.8 Å². The van der Waals surface area contributed by atoms with Crippen LogP contribution in [0.2, 0.25) is 0 Å². The number of nitrogens with zero attached hydrogens (tertiary/aromatic N) is 2. The summed E-state index contributed by atoms with van der Waals surface area (Å²) in [5, 5.41) is 0. The number of aromatic nitrogens is 2. The van der Waals surface area contributed by atoms with E-state index in [4.69, 9.17) is 5.73 Å². The van der Waals surface area contributed by atoms with Crippen LogP contribution in [0, 0.1) is 11.8 Å². The van der Waals surface area contributed by atoms with Crippen molar-refractivity contribution in [3.05, 3.63) is 18.0 Å². The van der Waals surface area contributed by atoms with Gasteiger partial charge in [0.25, 0.3) is 0 Å². The van der Waals surface area contributed by atoms with Crippen molar-refractivity contribution in [3.63, 3.8) is 0 Å². The molecule has 0 saturated carbocycles. The van der Waals surface area contributed by atoms with E-state index in [1.54, 1.807) is 12.4 Å². The van der Waals surface area contributed by atoms with Crippen molar-refractivity contribution in [2.45, 2.75) is 0 Å². The quantitative estimate of drug-likeness (QED) is 0.430. The van der Waals surface area contributed by atoms with Crippen LogP contribution in [0.3, 0.4) is 0 Å². The zero-order valence-electron chi connectivity index (χ0n) is 5.78. The Balaban J connectivity index is 2.82. The van der Waals surface area contributed by atoms with Crippen molar-refractivity contribution in [1.29, 1.82) is 0 Å². The molecule has 0 bridgehead atoms. The fourth-order valence-corrected chi connectivity index (χ4v) is 0.623. The number of nitrogens with two attached hydrogens (primary N) is 1. The van der Waals surface area contributed by atoms with Crippen LogP contribution < -0.4 is 5.73 Å². The van der Waals surface area contributed by atoms with Gasteiger partial charge in [0.15, 0.2) is 0 Å². The summed E-state index contributed by atoms with van der Waals surface area (Å²) in [6.45, 7) is 0. The molecular formula is C7H7N3S. The smallest absolute Gasteiger partial charge is 0.219 e. The molecule has 1 heterocycles. The van der Waals surface area contributed by atoms with E-state index in [0.717, 1.165) is 5.56 Å². The summed E-state index contributed by atoms with van der Waals surface area (Å²) < 4.78 is 0. The average molecular weight is 165 g/mol. The summed E-state index contributed by atoms with van der Waals surface area (Å²) in [5.41, 5.74) is 6.03. The highest BCUT2D eigenvalue weighted by molar-refractivity contribution is 7.80. The molecular weight excluding hydrogens is 158 g/mol. The minimum atomic E-state index is 0.265. The van der Waals surface area contributed by atoms with Crippen LogP contribution >= 0.6 is 12.6 Å². The Morgan fingerprint density at radius 3 is 2.64 bits per heavy atom. The highest BCUT2D eigenvalue weighted by Crippen LogP contribution is 1.93. The molecule has 1 rings (SSSR count). The van der Waals surface area contributed by atoms with Crippen LogP contribution in [0.4, 0.5) is 5.95 Å². The van der Waals surface area contributed by atoms with Gasteiger partial charge >= 0.3 is 0 Å². The van der Waals surface area contributed by atoms with Gasteiger partial charge in [-0.3, -0.25) is 0 Å². The Bertz CT molecular complexity index is 283. The molecule has 0 atom stereocenters. The average Bonchev–Trinajstić information content (AvgIpc) is 2.04. The molecule has 0 aromatic carbocycles. The van der Waals surface area contributed by atoms with Crippen molar-refractivity contribution in [2.24, 2.45) is 0 Å². The summed E-state index contributed by atoms with van der Waals surface area (Å²) in [6, 6.07) is 0. The first-order valence-electron chi connectivity index (χ1n) is 3.00. The van der Waals surface area contributed by atoms with Crippen molar-refractivity contribution in [1.82, 2.24) is 9.97 Å². The first kappa shape index (κ1) is 7.89. The van der Waals surface area contributed by atoms with Crippen LogP contribution in [-0.2, 0) is 0 Å². The Morgan fingerprint density at radius 1 is 1.45 bits per heavy atom. The number of hydrogen-bond acceptors (Lipinski definition) is 4. The molecule has 1 aromatic rings. The van der Waals surface area contributed by atoms with Gasteiger partial charge in [-0.2, -0.15) is 12.6 Å². The van der Waals surface area contributed by atoms with E-state index in [-0.39, 0.29) is 5.95 Å². The maximum Gasteiger partial charge on any atom is 0.219 e. The van der Waals surface area contributed by atoms with Gasteiger partial charge in [-0.25, -0.2) is 9.97 Å². The molecule has 56 valence electrons. The molecule has 0 aliphatic carbocycles. The third kappa shape index (κ3) is 2.48. The Labute approximate surface area is 70.5 Å². The van der Waals surface area contributed by atoms with Gasteiger partial charge in [0.05, 0.1) is 11.3 Å². The van der Waals surface area contributed by atoms with E-state index in [1.807, 2.05) is 0 Å². The predicted octanol–water partition coefficient (Wildman–Crippen LogP) is 0.340. The fourth-order valence-electron chi connectivity index (χ4n) is 0.544. The van der Waals surface area contributed by atoms with Crippen molar-refractivity contribution in [2.75, 3.05) is 11.5 Å². The first-order valence-corrected chi connectivity index (χ1v) is 3.63. The van der Waals surface area contributed by atoms with E-state index in [1.165, 1.54) is 0 Å². The van der Waals surface area contributed by atoms with Crippen molar-refractivity contribution >= 4 is 18.6 Å². The lowest BCUT2D eigenvalue weighted by atomic mass is 10.3. The zero-order valence-corrected chi connectivity index (χ0v) is 6.68. The third-order valence-electron chi connectivity index (χ3n) is 0.984. The van der Waals surface area contributed by atoms with Crippen LogP contribution in [-0.4, -0.2) is 15.7 Å². The van der Waals surface area contributed by atoms with Gasteiger partial charge < -0.3 is 5.73 Å². The molecule has 0 saturated heterocycles. The van der Waals surface area contributed by atoms with E-state index in [9.17, 15) is 0 Å². The molecule has 0 aliphatic rings. The molecule has 4 heteroatoms. The SMILES string of the molecule is Nc1ncc(C#CCS)cn1. The summed E-state index contributed by atoms with van der Waals surface area (Å²) in [7, 11) is 0. The Kier molecular flexibility index (Phi) is 2.75. The highest BCUT2D eigenvalue weighted by Gasteiger charge is 1.87. The van der Waals surface area contributed by atoms with Gasteiger partial charge in [0, 0.05) is 12.4 Å². The number of rotatable bonds is 0. The van der Waals surface area contributed by atoms with E-state index < -0.39 is 0 Å². The van der Waals surface area contributed by atoms with E-state index in [2.05, 4.69) is 34.4 Å². The lowest BCUT2D eigenvalue weighted by Gasteiger charge is -1.88. The van der Waals surface area contributed by atoms with E-state index in [0.29, 0.717) is 5.75 Å². The molecule has 3 nitrogen and oxygen atoms in total. The molecule has 2 N–H and O–H groups in total. The molecule has 0 radical (unpaired) electrons. The maximum atomic E-state index is 5.27. The van der Waals surface area contributed by atoms with Gasteiger partial charge in [-0.05, 0) is 0 Å². The monoisotopic (exact) mass is 165 g/mol. The molecule has 11 heavy (non-hydrogen) atoms. The standard InChI is InChI=1S/C7H7N3S/c8-7-9-4-6(5-10-7)2-1-3-11/h4-5,11H,3H2,(H2,8,9,10). The van der Waals surface area contributed by atoms with Crippen LogP contribution in [0.15, 0.2) is 12.4 Å². The first-order chi connectivity index (χ1) is 5.33. The maximum absolute atomic E-state index is 5.27. The second kappa shape index (κ2) is 3.84. The molecule has 0 amide bonds. The summed E-state index contributed by atoms with van der Waals surface area (Å²) >= 11 is 3.93. The van der Waals surface area contributed by atoms with Gasteiger partial charge in [-0.1, -0.05) is 11.8 Å². The normalized spacial score (nSPS) is 8.45. The minimum Gasteiger partial charge on any atom is -0.368 e. The lowest BCUT2D eigenvalue weighted by molar-refractivity contribution is 1.17.